The van der Waals surface area contributed by atoms with E-state index in [9.17, 15) is 4.79 Å². The Morgan fingerprint density at radius 1 is 1.16 bits per heavy atom. The molecule has 1 atom stereocenters. The molecule has 5 nitrogen and oxygen atoms in total. The van der Waals surface area contributed by atoms with Crippen LogP contribution in [0.25, 0.3) is 0 Å². The summed E-state index contributed by atoms with van der Waals surface area (Å²) >= 11 is 0. The van der Waals surface area contributed by atoms with E-state index in [4.69, 9.17) is 9.47 Å². The van der Waals surface area contributed by atoms with Crippen LogP contribution in [0.1, 0.15) is 56.3 Å². The lowest BCUT2D eigenvalue weighted by molar-refractivity contribution is 0.0743. The highest BCUT2D eigenvalue weighted by Gasteiger charge is 2.24. The van der Waals surface area contributed by atoms with E-state index >= 15 is 0 Å². The molecular formula is C20H32N2O3. The highest BCUT2D eigenvalue weighted by molar-refractivity contribution is 5.95. The zero-order chi connectivity index (χ0) is 18.1. The van der Waals surface area contributed by atoms with Crippen molar-refractivity contribution in [2.45, 2.75) is 52.0 Å². The molecule has 2 rings (SSSR count). The van der Waals surface area contributed by atoms with Gasteiger partial charge in [0, 0.05) is 25.2 Å². The molecule has 1 aromatic carbocycles. The summed E-state index contributed by atoms with van der Waals surface area (Å²) in [6, 6.07) is 5.80. The maximum absolute atomic E-state index is 12.8. The number of rotatable bonds is 10. The quantitative estimate of drug-likeness (QED) is 0.658. The van der Waals surface area contributed by atoms with Crippen molar-refractivity contribution in [2.24, 2.45) is 0 Å². The number of amides is 1. The Labute approximate surface area is 151 Å². The summed E-state index contributed by atoms with van der Waals surface area (Å²) in [5, 5.41) is 3.30. The Bertz CT molecular complexity index is 542. The lowest BCUT2D eigenvalue weighted by atomic mass is 10.1. The van der Waals surface area contributed by atoms with E-state index in [1.54, 1.807) is 0 Å². The van der Waals surface area contributed by atoms with Crippen molar-refractivity contribution >= 4 is 5.91 Å². The number of hydrogen-bond acceptors (Lipinski definition) is 4. The first-order valence-electron chi connectivity index (χ1n) is 9.54. The molecule has 0 bridgehead atoms. The lowest BCUT2D eigenvalue weighted by Gasteiger charge is -2.24. The summed E-state index contributed by atoms with van der Waals surface area (Å²) in [6.45, 7) is 7.41. The molecule has 0 saturated carbocycles. The summed E-state index contributed by atoms with van der Waals surface area (Å²) in [5.74, 6) is 1.44. The van der Waals surface area contributed by atoms with Gasteiger partial charge >= 0.3 is 0 Å². The Morgan fingerprint density at radius 2 is 1.84 bits per heavy atom. The van der Waals surface area contributed by atoms with Gasteiger partial charge in [-0.2, -0.15) is 0 Å². The van der Waals surface area contributed by atoms with E-state index in [-0.39, 0.29) is 11.9 Å². The van der Waals surface area contributed by atoms with Crippen LogP contribution in [0, 0.1) is 0 Å². The minimum absolute atomic E-state index is 0.0362. The van der Waals surface area contributed by atoms with Crippen molar-refractivity contribution in [3.05, 3.63) is 23.8 Å². The summed E-state index contributed by atoms with van der Waals surface area (Å²) in [5.41, 5.74) is 0.656. The van der Waals surface area contributed by atoms with Crippen molar-refractivity contribution in [2.75, 3.05) is 33.4 Å². The third kappa shape index (κ3) is 5.63. The topological polar surface area (TPSA) is 50.8 Å². The van der Waals surface area contributed by atoms with Crippen LogP contribution >= 0.6 is 0 Å². The standard InChI is InChI=1S/C20H32N2O3/c1-4-6-12-24-18-9-8-16(14-19(18)25-13-7-5-2)20(23)22(3)17-10-11-21-15-17/h8-9,14,17,21H,4-7,10-13,15H2,1-3H3. The zero-order valence-electron chi connectivity index (χ0n) is 15.8. The fourth-order valence-corrected chi connectivity index (χ4v) is 2.87. The Hall–Kier alpha value is -1.75. The van der Waals surface area contributed by atoms with Crippen LogP contribution < -0.4 is 14.8 Å². The van der Waals surface area contributed by atoms with Gasteiger partial charge in [-0.1, -0.05) is 26.7 Å². The van der Waals surface area contributed by atoms with Crippen molar-refractivity contribution in [1.82, 2.24) is 10.2 Å². The highest BCUT2D eigenvalue weighted by atomic mass is 16.5. The lowest BCUT2D eigenvalue weighted by Crippen LogP contribution is -2.38. The summed E-state index contributed by atoms with van der Waals surface area (Å²) < 4.78 is 11.7. The van der Waals surface area contributed by atoms with Crippen molar-refractivity contribution in [1.29, 1.82) is 0 Å². The molecule has 1 saturated heterocycles. The van der Waals surface area contributed by atoms with Crippen LogP contribution in [0.5, 0.6) is 11.5 Å². The molecule has 0 aliphatic carbocycles. The van der Waals surface area contributed by atoms with Gasteiger partial charge in [-0.05, 0) is 44.0 Å². The number of benzene rings is 1. The second-order valence-corrected chi connectivity index (χ2v) is 6.63. The Balaban J connectivity index is 2.11. The van der Waals surface area contributed by atoms with E-state index in [2.05, 4.69) is 19.2 Å². The summed E-state index contributed by atoms with van der Waals surface area (Å²) in [4.78, 5) is 14.6. The van der Waals surface area contributed by atoms with Crippen LogP contribution in [0.15, 0.2) is 18.2 Å². The average molecular weight is 348 g/mol. The van der Waals surface area contributed by atoms with Gasteiger partial charge in [-0.25, -0.2) is 0 Å². The van der Waals surface area contributed by atoms with Gasteiger partial charge in [-0.15, -0.1) is 0 Å². The van der Waals surface area contributed by atoms with Gasteiger partial charge in [0.1, 0.15) is 0 Å². The van der Waals surface area contributed by atoms with E-state index < -0.39 is 0 Å². The molecular weight excluding hydrogens is 316 g/mol. The normalized spacial score (nSPS) is 16.7. The monoisotopic (exact) mass is 348 g/mol. The fourth-order valence-electron chi connectivity index (χ4n) is 2.87. The molecule has 0 radical (unpaired) electrons. The molecule has 1 aromatic rings. The number of likely N-dealkylation sites (N-methyl/N-ethyl adjacent to an activating group) is 1. The van der Waals surface area contributed by atoms with E-state index in [1.165, 1.54) is 0 Å². The highest BCUT2D eigenvalue weighted by Crippen LogP contribution is 2.30. The summed E-state index contributed by atoms with van der Waals surface area (Å²) in [6.07, 6.45) is 5.15. The van der Waals surface area contributed by atoms with Crippen molar-refractivity contribution < 1.29 is 14.3 Å². The minimum atomic E-state index is 0.0362. The van der Waals surface area contributed by atoms with Gasteiger partial charge in [0.15, 0.2) is 11.5 Å². The number of carbonyl (C=O) groups is 1. The molecule has 1 fully saturated rings. The molecule has 1 aliphatic heterocycles. The molecule has 140 valence electrons. The van der Waals surface area contributed by atoms with Gasteiger partial charge in [0.05, 0.1) is 13.2 Å². The second-order valence-electron chi connectivity index (χ2n) is 6.63. The second kappa shape index (κ2) is 10.3. The van der Waals surface area contributed by atoms with Gasteiger partial charge in [0.25, 0.3) is 5.91 Å². The predicted molar refractivity (Wildman–Crippen MR) is 101 cm³/mol. The molecule has 1 N–H and O–H groups in total. The number of hydrogen-bond donors (Lipinski definition) is 1. The van der Waals surface area contributed by atoms with E-state index in [0.29, 0.717) is 24.5 Å². The van der Waals surface area contributed by atoms with E-state index in [0.717, 1.165) is 50.9 Å². The first kappa shape index (κ1) is 19.6. The van der Waals surface area contributed by atoms with Crippen LogP contribution in [0.4, 0.5) is 0 Å². The van der Waals surface area contributed by atoms with Gasteiger partial charge in [0.2, 0.25) is 0 Å². The minimum Gasteiger partial charge on any atom is -0.490 e. The average Bonchev–Trinajstić information content (AvgIpc) is 3.16. The first-order valence-corrected chi connectivity index (χ1v) is 9.54. The molecule has 25 heavy (non-hydrogen) atoms. The molecule has 1 unspecified atom stereocenters. The number of ether oxygens (including phenoxy) is 2. The molecule has 1 aliphatic rings. The van der Waals surface area contributed by atoms with Crippen LogP contribution in [0.3, 0.4) is 0 Å². The third-order valence-corrected chi connectivity index (χ3v) is 4.60. The smallest absolute Gasteiger partial charge is 0.254 e. The molecule has 0 aromatic heterocycles. The first-order chi connectivity index (χ1) is 12.2. The summed E-state index contributed by atoms with van der Waals surface area (Å²) in [7, 11) is 1.88. The van der Waals surface area contributed by atoms with Crippen molar-refractivity contribution in [3.8, 4) is 11.5 Å². The van der Waals surface area contributed by atoms with Crippen LogP contribution in [-0.4, -0.2) is 50.2 Å². The Morgan fingerprint density at radius 3 is 2.44 bits per heavy atom. The molecule has 1 heterocycles. The van der Waals surface area contributed by atoms with Crippen molar-refractivity contribution in [3.63, 3.8) is 0 Å². The molecule has 0 spiro atoms. The number of nitrogens with one attached hydrogen (secondary N) is 1. The number of carbonyl (C=O) groups excluding carboxylic acids is 1. The molecule has 1 amide bonds. The maximum Gasteiger partial charge on any atom is 0.254 e. The van der Waals surface area contributed by atoms with Crippen LogP contribution in [-0.2, 0) is 0 Å². The largest absolute Gasteiger partial charge is 0.490 e. The maximum atomic E-state index is 12.8. The molecule has 5 heteroatoms. The van der Waals surface area contributed by atoms with Gasteiger partial charge in [-0.3, -0.25) is 4.79 Å². The van der Waals surface area contributed by atoms with E-state index in [1.807, 2.05) is 30.1 Å². The number of unbranched alkanes of at least 4 members (excludes halogenated alkanes) is 2. The van der Waals surface area contributed by atoms with Gasteiger partial charge < -0.3 is 19.7 Å². The zero-order valence-corrected chi connectivity index (χ0v) is 15.8. The predicted octanol–water partition coefficient (Wildman–Crippen LogP) is 3.48. The Kier molecular flexibility index (Phi) is 8.06. The third-order valence-electron chi connectivity index (χ3n) is 4.60. The van der Waals surface area contributed by atoms with Crippen LogP contribution in [0.2, 0.25) is 0 Å². The SMILES string of the molecule is CCCCOc1ccc(C(=O)N(C)C2CCNC2)cc1OCCCC. The fraction of sp³-hybridized carbons (Fsp3) is 0.650. The number of nitrogens with zero attached hydrogens (tertiary/aromatic N) is 1.